The summed E-state index contributed by atoms with van der Waals surface area (Å²) < 4.78 is 0. The van der Waals surface area contributed by atoms with Crippen molar-refractivity contribution in [1.82, 2.24) is 5.32 Å². The fourth-order valence-corrected chi connectivity index (χ4v) is 3.59. The van der Waals surface area contributed by atoms with E-state index in [1.54, 1.807) is 11.1 Å². The van der Waals surface area contributed by atoms with E-state index in [2.05, 4.69) is 19.2 Å². The van der Waals surface area contributed by atoms with Crippen molar-refractivity contribution in [3.8, 4) is 0 Å². The zero-order chi connectivity index (χ0) is 13.7. The first-order chi connectivity index (χ1) is 9.15. The predicted molar refractivity (Wildman–Crippen MR) is 83.2 cm³/mol. The molecule has 2 fully saturated rings. The highest BCUT2D eigenvalue weighted by Crippen LogP contribution is 2.27. The van der Waals surface area contributed by atoms with Gasteiger partial charge in [0.05, 0.1) is 0 Å². The van der Waals surface area contributed by atoms with Crippen LogP contribution in [0.15, 0.2) is 11.1 Å². The molecule has 0 aromatic carbocycles. The van der Waals surface area contributed by atoms with Gasteiger partial charge in [-0.1, -0.05) is 18.1 Å². The van der Waals surface area contributed by atoms with Gasteiger partial charge in [0.1, 0.15) is 0 Å². The van der Waals surface area contributed by atoms with Crippen LogP contribution in [0.25, 0.3) is 0 Å². The van der Waals surface area contributed by atoms with Crippen LogP contribution in [0.1, 0.15) is 71.6 Å². The van der Waals surface area contributed by atoms with Gasteiger partial charge in [0, 0.05) is 12.1 Å². The van der Waals surface area contributed by atoms with Crippen molar-refractivity contribution in [1.29, 1.82) is 0 Å². The zero-order valence-corrected chi connectivity index (χ0v) is 12.9. The van der Waals surface area contributed by atoms with Gasteiger partial charge in [0.25, 0.3) is 0 Å². The third kappa shape index (κ3) is 4.92. The molecule has 2 rings (SSSR count). The highest BCUT2D eigenvalue weighted by molar-refractivity contribution is 5.15. The Balaban J connectivity index is 1.68. The monoisotopic (exact) mass is 264 g/mol. The number of rotatable bonds is 4. The Kier molecular flexibility index (Phi) is 5.90. The Labute approximate surface area is 119 Å². The normalized spacial score (nSPS) is 35.2. The van der Waals surface area contributed by atoms with Crippen molar-refractivity contribution < 1.29 is 0 Å². The molecule has 1 atom stereocenters. The number of hydrogen-bond donors (Lipinski definition) is 2. The molecule has 0 bridgehead atoms. The maximum atomic E-state index is 6.07. The summed E-state index contributed by atoms with van der Waals surface area (Å²) in [5.41, 5.74) is 9.33. The van der Waals surface area contributed by atoms with Gasteiger partial charge >= 0.3 is 0 Å². The third-order valence-electron chi connectivity index (χ3n) is 5.11. The summed E-state index contributed by atoms with van der Waals surface area (Å²) in [6, 6.07) is 1.20. The Morgan fingerprint density at radius 1 is 1.21 bits per heavy atom. The van der Waals surface area contributed by atoms with E-state index in [-0.39, 0.29) is 0 Å². The summed E-state index contributed by atoms with van der Waals surface area (Å²) in [5.74, 6) is 0.950. The summed E-state index contributed by atoms with van der Waals surface area (Å²) in [5, 5.41) is 3.76. The first kappa shape index (κ1) is 15.1. The minimum Gasteiger partial charge on any atom is -0.327 e. The molecular weight excluding hydrogens is 232 g/mol. The fraction of sp³-hybridized carbons (Fsp3) is 0.882. The Bertz CT molecular complexity index is 300. The molecular formula is C17H32N2. The van der Waals surface area contributed by atoms with E-state index in [1.165, 1.54) is 51.4 Å². The van der Waals surface area contributed by atoms with Crippen molar-refractivity contribution in [2.24, 2.45) is 11.7 Å². The first-order valence-electron chi connectivity index (χ1n) is 8.31. The maximum absolute atomic E-state index is 6.07. The van der Waals surface area contributed by atoms with Crippen molar-refractivity contribution in [3.05, 3.63) is 11.1 Å². The van der Waals surface area contributed by atoms with Gasteiger partial charge in [-0.05, 0) is 77.2 Å². The van der Waals surface area contributed by atoms with Gasteiger partial charge in [-0.3, -0.25) is 0 Å². The molecule has 2 nitrogen and oxygen atoms in total. The molecule has 0 heterocycles. The molecule has 2 aliphatic carbocycles. The van der Waals surface area contributed by atoms with E-state index in [9.17, 15) is 0 Å². The quantitative estimate of drug-likeness (QED) is 0.759. The predicted octanol–water partition coefficient (Wildman–Crippen LogP) is 3.76. The molecule has 0 aromatic rings. The second-order valence-electron chi connectivity index (χ2n) is 6.90. The Hall–Kier alpha value is -0.340. The van der Waals surface area contributed by atoms with Crippen molar-refractivity contribution in [2.45, 2.75) is 83.7 Å². The van der Waals surface area contributed by atoms with E-state index in [0.29, 0.717) is 6.04 Å². The average Bonchev–Trinajstić information content (AvgIpc) is 2.41. The minimum atomic E-state index is 0.423. The minimum absolute atomic E-state index is 0.423. The van der Waals surface area contributed by atoms with Gasteiger partial charge in [-0.15, -0.1) is 0 Å². The van der Waals surface area contributed by atoms with Crippen molar-refractivity contribution in [3.63, 3.8) is 0 Å². The second kappa shape index (κ2) is 7.44. The zero-order valence-electron chi connectivity index (χ0n) is 12.9. The smallest absolute Gasteiger partial charge is 0.00762 e. The number of nitrogens with one attached hydrogen (secondary N) is 1. The summed E-state index contributed by atoms with van der Waals surface area (Å²) in [6.07, 6.45) is 11.7. The van der Waals surface area contributed by atoms with Crippen LogP contribution < -0.4 is 11.1 Å². The van der Waals surface area contributed by atoms with Crippen molar-refractivity contribution in [2.75, 3.05) is 6.54 Å². The van der Waals surface area contributed by atoms with Crippen LogP contribution in [0.3, 0.4) is 0 Å². The Morgan fingerprint density at radius 2 is 1.95 bits per heavy atom. The molecule has 0 aromatic heterocycles. The molecule has 1 unspecified atom stereocenters. The van der Waals surface area contributed by atoms with E-state index >= 15 is 0 Å². The molecule has 110 valence electrons. The van der Waals surface area contributed by atoms with Crippen LogP contribution in [-0.2, 0) is 0 Å². The first-order valence-corrected chi connectivity index (χ1v) is 8.31. The van der Waals surface area contributed by atoms with Crippen LogP contribution in [0, 0.1) is 5.92 Å². The summed E-state index contributed by atoms with van der Waals surface area (Å²) in [7, 11) is 0. The Morgan fingerprint density at radius 3 is 2.63 bits per heavy atom. The lowest BCUT2D eigenvalue weighted by atomic mass is 9.86. The average molecular weight is 264 g/mol. The van der Waals surface area contributed by atoms with Gasteiger partial charge in [-0.2, -0.15) is 0 Å². The fourth-order valence-electron chi connectivity index (χ4n) is 3.59. The number of hydrogen-bond acceptors (Lipinski definition) is 2. The lowest BCUT2D eigenvalue weighted by Gasteiger charge is -2.27. The van der Waals surface area contributed by atoms with E-state index in [0.717, 1.165) is 24.9 Å². The van der Waals surface area contributed by atoms with Crippen LogP contribution in [0.5, 0.6) is 0 Å². The van der Waals surface area contributed by atoms with Crippen molar-refractivity contribution >= 4 is 0 Å². The van der Waals surface area contributed by atoms with Crippen LogP contribution in [0.2, 0.25) is 0 Å². The highest BCUT2D eigenvalue weighted by atomic mass is 14.9. The lowest BCUT2D eigenvalue weighted by molar-refractivity contribution is 0.308. The van der Waals surface area contributed by atoms with Crippen LogP contribution in [-0.4, -0.2) is 18.6 Å². The van der Waals surface area contributed by atoms with E-state index in [1.807, 2.05) is 0 Å². The number of nitrogens with two attached hydrogens (primary N) is 1. The van der Waals surface area contributed by atoms with Gasteiger partial charge < -0.3 is 11.1 Å². The van der Waals surface area contributed by atoms with Gasteiger partial charge in [0.2, 0.25) is 0 Å². The SMILES string of the molecule is C/C(CCNC1CCC(C)CC1)=C1/CCCC(N)C1. The molecule has 2 aliphatic rings. The van der Waals surface area contributed by atoms with E-state index in [4.69, 9.17) is 5.73 Å². The molecule has 19 heavy (non-hydrogen) atoms. The topological polar surface area (TPSA) is 38.0 Å². The lowest BCUT2D eigenvalue weighted by Crippen LogP contribution is -2.33. The third-order valence-corrected chi connectivity index (χ3v) is 5.11. The molecule has 0 aliphatic heterocycles. The van der Waals surface area contributed by atoms with Crippen LogP contribution in [0.4, 0.5) is 0 Å². The second-order valence-corrected chi connectivity index (χ2v) is 6.90. The summed E-state index contributed by atoms with van der Waals surface area (Å²) >= 11 is 0. The molecule has 0 amide bonds. The maximum Gasteiger partial charge on any atom is 0.00762 e. The molecule has 2 saturated carbocycles. The summed E-state index contributed by atoms with van der Waals surface area (Å²) in [4.78, 5) is 0. The van der Waals surface area contributed by atoms with Gasteiger partial charge in [-0.25, -0.2) is 0 Å². The van der Waals surface area contributed by atoms with Crippen LogP contribution >= 0.6 is 0 Å². The molecule has 0 spiro atoms. The van der Waals surface area contributed by atoms with E-state index < -0.39 is 0 Å². The molecule has 2 heteroatoms. The van der Waals surface area contributed by atoms with Gasteiger partial charge in [0.15, 0.2) is 0 Å². The molecule has 0 saturated heterocycles. The highest BCUT2D eigenvalue weighted by Gasteiger charge is 2.18. The molecule has 3 N–H and O–H groups in total. The molecule has 0 radical (unpaired) electrons. The standard InChI is InChI=1S/C17H32N2/c1-13-6-8-17(9-7-13)19-11-10-14(2)15-4-3-5-16(18)12-15/h13,16-17,19H,3-12,18H2,1-2H3/b15-14+. The largest absolute Gasteiger partial charge is 0.327 e. The summed E-state index contributed by atoms with van der Waals surface area (Å²) in [6.45, 7) is 5.86.